The molecule has 90 valence electrons. The van der Waals surface area contributed by atoms with Crippen LogP contribution in [0, 0.1) is 5.92 Å². The van der Waals surface area contributed by atoms with E-state index in [1.807, 2.05) is 23.1 Å². The van der Waals surface area contributed by atoms with Crippen molar-refractivity contribution in [2.45, 2.75) is 12.8 Å². The summed E-state index contributed by atoms with van der Waals surface area (Å²) in [5.74, 6) is 0.864. The van der Waals surface area contributed by atoms with E-state index in [1.54, 1.807) is 0 Å². The van der Waals surface area contributed by atoms with E-state index in [0.29, 0.717) is 5.92 Å². The summed E-state index contributed by atoms with van der Waals surface area (Å²) < 4.78 is 0. The number of rotatable bonds is 2. The van der Waals surface area contributed by atoms with Crippen LogP contribution in [0.2, 0.25) is 0 Å². The van der Waals surface area contributed by atoms with Gasteiger partial charge < -0.3 is 10.2 Å². The van der Waals surface area contributed by atoms with Gasteiger partial charge >= 0.3 is 0 Å². The quantitative estimate of drug-likeness (QED) is 0.830. The molecule has 1 amide bonds. The number of benzene rings is 1. The molecule has 2 aliphatic heterocycles. The first kappa shape index (κ1) is 10.8. The van der Waals surface area contributed by atoms with Crippen molar-refractivity contribution in [2.75, 3.05) is 26.2 Å². The van der Waals surface area contributed by atoms with Crippen molar-refractivity contribution in [3.8, 4) is 0 Å². The Morgan fingerprint density at radius 1 is 1.35 bits per heavy atom. The molecule has 1 unspecified atom stereocenters. The molecule has 1 fully saturated rings. The zero-order valence-corrected chi connectivity index (χ0v) is 9.98. The van der Waals surface area contributed by atoms with Crippen molar-refractivity contribution >= 4 is 5.91 Å². The summed E-state index contributed by atoms with van der Waals surface area (Å²) in [4.78, 5) is 14.3. The summed E-state index contributed by atoms with van der Waals surface area (Å²) >= 11 is 0. The average molecular weight is 230 g/mol. The summed E-state index contributed by atoms with van der Waals surface area (Å²) in [6.07, 6.45) is 2.20. The lowest BCUT2D eigenvalue weighted by atomic mass is 9.98. The van der Waals surface area contributed by atoms with E-state index in [9.17, 15) is 4.79 Å². The van der Waals surface area contributed by atoms with Crippen molar-refractivity contribution in [2.24, 2.45) is 5.92 Å². The SMILES string of the molecule is O=C1c2ccccc2CCN1CC1CCNC1. The van der Waals surface area contributed by atoms with Gasteiger partial charge in [0.05, 0.1) is 0 Å². The average Bonchev–Trinajstić information content (AvgIpc) is 2.86. The van der Waals surface area contributed by atoms with Crippen LogP contribution in [-0.4, -0.2) is 37.0 Å². The standard InChI is InChI=1S/C14H18N2O/c17-14-13-4-2-1-3-12(13)6-8-16(14)10-11-5-7-15-9-11/h1-4,11,15H,5-10H2. The molecule has 1 saturated heterocycles. The molecule has 2 heterocycles. The molecule has 1 aromatic carbocycles. The lowest BCUT2D eigenvalue weighted by Gasteiger charge is -2.30. The highest BCUT2D eigenvalue weighted by Gasteiger charge is 2.26. The minimum atomic E-state index is 0.221. The highest BCUT2D eigenvalue weighted by atomic mass is 16.2. The van der Waals surface area contributed by atoms with E-state index in [0.717, 1.165) is 38.2 Å². The Morgan fingerprint density at radius 3 is 3.06 bits per heavy atom. The molecule has 2 aliphatic rings. The molecule has 3 heteroatoms. The van der Waals surface area contributed by atoms with Crippen LogP contribution in [0.3, 0.4) is 0 Å². The molecular formula is C14H18N2O. The van der Waals surface area contributed by atoms with Crippen LogP contribution >= 0.6 is 0 Å². The summed E-state index contributed by atoms with van der Waals surface area (Å²) in [5.41, 5.74) is 2.11. The van der Waals surface area contributed by atoms with E-state index in [-0.39, 0.29) is 5.91 Å². The topological polar surface area (TPSA) is 32.3 Å². The lowest BCUT2D eigenvalue weighted by molar-refractivity contribution is 0.0716. The number of fused-ring (bicyclic) bond motifs is 1. The first-order valence-electron chi connectivity index (χ1n) is 6.42. The predicted octanol–water partition coefficient (Wildman–Crippen LogP) is 1.29. The monoisotopic (exact) mass is 230 g/mol. The van der Waals surface area contributed by atoms with Crippen LogP contribution in [0.5, 0.6) is 0 Å². The second-order valence-corrected chi connectivity index (χ2v) is 5.02. The predicted molar refractivity (Wildman–Crippen MR) is 67.0 cm³/mol. The summed E-state index contributed by atoms with van der Waals surface area (Å²) in [5, 5.41) is 3.36. The largest absolute Gasteiger partial charge is 0.338 e. The fraction of sp³-hybridized carbons (Fsp3) is 0.500. The van der Waals surface area contributed by atoms with Gasteiger partial charge in [-0.15, -0.1) is 0 Å². The van der Waals surface area contributed by atoms with E-state index < -0.39 is 0 Å². The minimum Gasteiger partial charge on any atom is -0.338 e. The van der Waals surface area contributed by atoms with E-state index in [2.05, 4.69) is 11.4 Å². The molecule has 0 bridgehead atoms. The van der Waals surface area contributed by atoms with Gasteiger partial charge in [-0.3, -0.25) is 4.79 Å². The number of carbonyl (C=O) groups excluding carboxylic acids is 1. The van der Waals surface area contributed by atoms with Gasteiger partial charge in [0, 0.05) is 18.7 Å². The van der Waals surface area contributed by atoms with Gasteiger partial charge in [-0.2, -0.15) is 0 Å². The van der Waals surface area contributed by atoms with Crippen LogP contribution in [0.4, 0.5) is 0 Å². The molecule has 0 radical (unpaired) electrons. The van der Waals surface area contributed by atoms with Crippen LogP contribution in [0.15, 0.2) is 24.3 Å². The third-order valence-electron chi connectivity index (χ3n) is 3.83. The lowest BCUT2D eigenvalue weighted by Crippen LogP contribution is -2.41. The molecule has 0 saturated carbocycles. The molecule has 3 rings (SSSR count). The zero-order valence-electron chi connectivity index (χ0n) is 9.98. The van der Waals surface area contributed by atoms with Crippen molar-refractivity contribution in [3.63, 3.8) is 0 Å². The highest BCUT2D eigenvalue weighted by Crippen LogP contribution is 2.20. The molecular weight excluding hydrogens is 212 g/mol. The Balaban J connectivity index is 1.74. The Kier molecular flexibility index (Phi) is 2.85. The molecule has 0 spiro atoms. The zero-order chi connectivity index (χ0) is 11.7. The minimum absolute atomic E-state index is 0.221. The third-order valence-corrected chi connectivity index (χ3v) is 3.83. The Labute approximate surface area is 102 Å². The fourth-order valence-electron chi connectivity index (χ4n) is 2.83. The van der Waals surface area contributed by atoms with Crippen molar-refractivity contribution in [1.82, 2.24) is 10.2 Å². The smallest absolute Gasteiger partial charge is 0.254 e. The Hall–Kier alpha value is -1.35. The molecule has 3 nitrogen and oxygen atoms in total. The molecule has 0 aliphatic carbocycles. The van der Waals surface area contributed by atoms with E-state index >= 15 is 0 Å². The molecule has 1 aromatic rings. The summed E-state index contributed by atoms with van der Waals surface area (Å²) in [6.45, 7) is 3.96. The molecule has 17 heavy (non-hydrogen) atoms. The summed E-state index contributed by atoms with van der Waals surface area (Å²) in [6, 6.07) is 8.00. The van der Waals surface area contributed by atoms with Crippen molar-refractivity contribution in [3.05, 3.63) is 35.4 Å². The number of carbonyl (C=O) groups is 1. The van der Waals surface area contributed by atoms with Gasteiger partial charge in [0.25, 0.3) is 5.91 Å². The third kappa shape index (κ3) is 2.07. The van der Waals surface area contributed by atoms with Crippen molar-refractivity contribution in [1.29, 1.82) is 0 Å². The molecule has 1 N–H and O–H groups in total. The maximum Gasteiger partial charge on any atom is 0.254 e. The van der Waals surface area contributed by atoms with Crippen LogP contribution in [0.1, 0.15) is 22.3 Å². The van der Waals surface area contributed by atoms with E-state index in [1.165, 1.54) is 12.0 Å². The van der Waals surface area contributed by atoms with Crippen LogP contribution < -0.4 is 5.32 Å². The number of hydrogen-bond donors (Lipinski definition) is 1. The fourth-order valence-corrected chi connectivity index (χ4v) is 2.83. The van der Waals surface area contributed by atoms with Gasteiger partial charge in [0.1, 0.15) is 0 Å². The molecule has 0 aromatic heterocycles. The second kappa shape index (κ2) is 4.49. The van der Waals surface area contributed by atoms with Gasteiger partial charge in [-0.05, 0) is 43.5 Å². The van der Waals surface area contributed by atoms with Gasteiger partial charge in [-0.25, -0.2) is 0 Å². The van der Waals surface area contributed by atoms with Gasteiger partial charge in [0.2, 0.25) is 0 Å². The first-order chi connectivity index (χ1) is 8.34. The van der Waals surface area contributed by atoms with Crippen molar-refractivity contribution < 1.29 is 4.79 Å². The van der Waals surface area contributed by atoms with Crippen LogP contribution in [-0.2, 0) is 6.42 Å². The number of nitrogens with zero attached hydrogens (tertiary/aromatic N) is 1. The van der Waals surface area contributed by atoms with Gasteiger partial charge in [0.15, 0.2) is 0 Å². The molecule has 1 atom stereocenters. The Bertz CT molecular complexity index is 424. The summed E-state index contributed by atoms with van der Waals surface area (Å²) in [7, 11) is 0. The normalized spacial score (nSPS) is 23.9. The number of amides is 1. The second-order valence-electron chi connectivity index (χ2n) is 5.02. The number of hydrogen-bond acceptors (Lipinski definition) is 2. The number of nitrogens with one attached hydrogen (secondary N) is 1. The maximum absolute atomic E-state index is 12.3. The van der Waals surface area contributed by atoms with Crippen LogP contribution in [0.25, 0.3) is 0 Å². The van der Waals surface area contributed by atoms with E-state index in [4.69, 9.17) is 0 Å². The Morgan fingerprint density at radius 2 is 2.24 bits per heavy atom. The van der Waals surface area contributed by atoms with Gasteiger partial charge in [-0.1, -0.05) is 18.2 Å². The first-order valence-corrected chi connectivity index (χ1v) is 6.42. The highest BCUT2D eigenvalue weighted by molar-refractivity contribution is 5.96. The maximum atomic E-state index is 12.3.